The summed E-state index contributed by atoms with van der Waals surface area (Å²) >= 11 is 0. The van der Waals surface area contributed by atoms with Crippen molar-refractivity contribution in [1.29, 1.82) is 0 Å². The Labute approximate surface area is 242 Å². The molecule has 9 heteroatoms. The van der Waals surface area contributed by atoms with E-state index in [1.807, 2.05) is 102 Å². The van der Waals surface area contributed by atoms with Crippen LogP contribution < -0.4 is 10.2 Å². The maximum atomic E-state index is 14.0. The number of carbonyl (C=O) groups is 2. The van der Waals surface area contributed by atoms with Gasteiger partial charge < -0.3 is 14.8 Å². The first-order chi connectivity index (χ1) is 20.6. The van der Waals surface area contributed by atoms with E-state index in [9.17, 15) is 9.59 Å². The van der Waals surface area contributed by atoms with Crippen molar-refractivity contribution < 1.29 is 9.59 Å². The molecule has 0 fully saturated rings. The molecule has 2 aromatic heterocycles. The van der Waals surface area contributed by atoms with Gasteiger partial charge in [-0.2, -0.15) is 0 Å². The molecule has 5 aromatic rings. The second kappa shape index (κ2) is 11.8. The average molecular weight is 554 g/mol. The Kier molecular flexibility index (Phi) is 7.48. The Bertz CT molecular complexity index is 1810. The van der Waals surface area contributed by atoms with Crippen LogP contribution in [0.1, 0.15) is 43.2 Å². The summed E-state index contributed by atoms with van der Waals surface area (Å²) < 4.78 is 1.98. The highest BCUT2D eigenvalue weighted by molar-refractivity contribution is 6.07. The Morgan fingerprint density at radius 1 is 0.905 bits per heavy atom. The lowest BCUT2D eigenvalue weighted by Crippen LogP contribution is -2.30. The molecule has 0 bridgehead atoms. The number of pyridine rings is 1. The van der Waals surface area contributed by atoms with Crippen molar-refractivity contribution in [3.05, 3.63) is 154 Å². The number of hydrogen-bond acceptors (Lipinski definition) is 4. The molecular weight excluding hydrogens is 526 g/mol. The van der Waals surface area contributed by atoms with Crippen LogP contribution >= 0.6 is 0 Å². The number of carbonyl (C=O) groups excluding carboxylic acids is 2. The topological polar surface area (TPSA) is 116 Å². The van der Waals surface area contributed by atoms with Crippen LogP contribution in [-0.2, 0) is 26.2 Å². The van der Waals surface area contributed by atoms with E-state index in [1.54, 1.807) is 17.3 Å². The molecule has 206 valence electrons. The summed E-state index contributed by atoms with van der Waals surface area (Å²) in [7, 11) is 0. The molecule has 0 atom stereocenters. The third-order valence-electron chi connectivity index (χ3n) is 7.42. The van der Waals surface area contributed by atoms with Gasteiger partial charge in [0.25, 0.3) is 11.8 Å². The predicted octanol–water partition coefficient (Wildman–Crippen LogP) is 6.50. The number of rotatable bonds is 7. The second-order valence-corrected chi connectivity index (χ2v) is 9.98. The van der Waals surface area contributed by atoms with E-state index in [-0.39, 0.29) is 18.4 Å². The lowest BCUT2D eigenvalue weighted by molar-refractivity contribution is 0.0941. The van der Waals surface area contributed by atoms with Crippen LogP contribution in [0.25, 0.3) is 21.6 Å². The van der Waals surface area contributed by atoms with Gasteiger partial charge in [0.2, 0.25) is 0 Å². The maximum absolute atomic E-state index is 14.0. The van der Waals surface area contributed by atoms with Gasteiger partial charge in [-0.25, -0.2) is 0 Å². The van der Waals surface area contributed by atoms with E-state index in [0.717, 1.165) is 39.2 Å². The minimum Gasteiger partial charge on any atom is -0.347 e. The largest absolute Gasteiger partial charge is 0.347 e. The number of nitrogens with zero attached hydrogens (tertiary/aromatic N) is 6. The van der Waals surface area contributed by atoms with Crippen LogP contribution in [-0.4, -0.2) is 21.4 Å². The average Bonchev–Trinajstić information content (AvgIpc) is 3.36. The fourth-order valence-corrected chi connectivity index (χ4v) is 5.31. The zero-order valence-electron chi connectivity index (χ0n) is 22.7. The summed E-state index contributed by atoms with van der Waals surface area (Å²) in [5, 5.41) is 6.70. The number of para-hydroxylation sites is 1. The Morgan fingerprint density at radius 2 is 1.71 bits per heavy atom. The third-order valence-corrected chi connectivity index (χ3v) is 7.42. The molecule has 6 rings (SSSR count). The van der Waals surface area contributed by atoms with Gasteiger partial charge >= 0.3 is 0 Å². The molecular formula is C33H27N7O2. The minimum atomic E-state index is -0.182. The van der Waals surface area contributed by atoms with Crippen LogP contribution in [0.15, 0.2) is 115 Å². The number of azide groups is 1. The van der Waals surface area contributed by atoms with Crippen molar-refractivity contribution in [3.63, 3.8) is 0 Å². The van der Waals surface area contributed by atoms with Gasteiger partial charge in [-0.15, -0.1) is 0 Å². The second-order valence-electron chi connectivity index (χ2n) is 9.98. The molecule has 1 aliphatic rings. The number of fused-ring (bicyclic) bond motifs is 2. The van der Waals surface area contributed by atoms with Crippen LogP contribution in [0, 0.1) is 0 Å². The molecule has 3 aromatic carbocycles. The van der Waals surface area contributed by atoms with Crippen LogP contribution in [0.3, 0.4) is 0 Å². The first-order valence-electron chi connectivity index (χ1n) is 13.6. The first kappa shape index (κ1) is 26.6. The minimum absolute atomic E-state index is 0.131. The quantitative estimate of drug-likeness (QED) is 0.141. The molecule has 0 spiro atoms. The summed E-state index contributed by atoms with van der Waals surface area (Å²) in [5.74, 6) is -0.313. The molecule has 3 heterocycles. The smallest absolute Gasteiger partial charge is 0.268 e. The molecule has 42 heavy (non-hydrogen) atoms. The monoisotopic (exact) mass is 553 g/mol. The summed E-state index contributed by atoms with van der Waals surface area (Å²) in [6.07, 6.45) is 3.43. The van der Waals surface area contributed by atoms with E-state index in [0.29, 0.717) is 30.9 Å². The van der Waals surface area contributed by atoms with Gasteiger partial charge in [0.1, 0.15) is 5.69 Å². The molecule has 1 N–H and O–H groups in total. The van der Waals surface area contributed by atoms with E-state index >= 15 is 0 Å². The van der Waals surface area contributed by atoms with Crippen molar-refractivity contribution in [2.24, 2.45) is 5.11 Å². The van der Waals surface area contributed by atoms with Crippen molar-refractivity contribution in [2.75, 3.05) is 4.90 Å². The van der Waals surface area contributed by atoms with Crippen molar-refractivity contribution >= 4 is 17.5 Å². The number of aromatic nitrogens is 2. The number of nitrogens with one attached hydrogen (secondary N) is 1. The van der Waals surface area contributed by atoms with Gasteiger partial charge in [0.15, 0.2) is 0 Å². The van der Waals surface area contributed by atoms with Gasteiger partial charge in [0.05, 0.1) is 19.6 Å². The number of benzene rings is 3. The van der Waals surface area contributed by atoms with Crippen LogP contribution in [0.4, 0.5) is 5.69 Å². The lowest BCUT2D eigenvalue weighted by atomic mass is 9.98. The zero-order valence-corrected chi connectivity index (χ0v) is 22.7. The number of amides is 2. The third kappa shape index (κ3) is 5.37. The molecule has 9 nitrogen and oxygen atoms in total. The molecule has 0 saturated carbocycles. The van der Waals surface area contributed by atoms with Crippen LogP contribution in [0.5, 0.6) is 0 Å². The SMILES string of the molecule is [N-]=[N+]=NCc1ccccc1-c1ccc(C(=O)N2Cc3ccc(C(=O)NCc4cccnc4)n3Cc3ccccc32)cc1. The number of hydrogen-bond donors (Lipinski definition) is 1. The summed E-state index contributed by atoms with van der Waals surface area (Å²) in [4.78, 5) is 35.9. The molecule has 0 aliphatic carbocycles. The van der Waals surface area contributed by atoms with E-state index in [4.69, 9.17) is 5.53 Å². The van der Waals surface area contributed by atoms with E-state index in [2.05, 4.69) is 20.3 Å². The van der Waals surface area contributed by atoms with Crippen molar-refractivity contribution in [3.8, 4) is 11.1 Å². The van der Waals surface area contributed by atoms with Gasteiger partial charge in [-0.05, 0) is 69.7 Å². The maximum Gasteiger partial charge on any atom is 0.268 e. The zero-order chi connectivity index (χ0) is 28.9. The Balaban J connectivity index is 1.27. The summed E-state index contributed by atoms with van der Waals surface area (Å²) in [6, 6.07) is 30.5. The molecule has 0 unspecified atom stereocenters. The first-order valence-corrected chi connectivity index (χ1v) is 13.6. The fourth-order valence-electron chi connectivity index (χ4n) is 5.31. The van der Waals surface area contributed by atoms with Crippen molar-refractivity contribution in [2.45, 2.75) is 26.2 Å². The lowest BCUT2D eigenvalue weighted by Gasteiger charge is -2.23. The van der Waals surface area contributed by atoms with Gasteiger partial charge in [-0.1, -0.05) is 65.8 Å². The van der Waals surface area contributed by atoms with Crippen molar-refractivity contribution in [1.82, 2.24) is 14.9 Å². The molecule has 2 amide bonds. The van der Waals surface area contributed by atoms with Gasteiger partial charge in [-0.3, -0.25) is 14.6 Å². The molecule has 1 aliphatic heterocycles. The van der Waals surface area contributed by atoms with E-state index in [1.165, 1.54) is 0 Å². The summed E-state index contributed by atoms with van der Waals surface area (Å²) in [6.45, 7) is 1.42. The highest BCUT2D eigenvalue weighted by Crippen LogP contribution is 2.31. The fraction of sp³-hybridized carbons (Fsp3) is 0.121. The Hall–Kier alpha value is -5.66. The summed E-state index contributed by atoms with van der Waals surface area (Å²) in [5.41, 5.74) is 16.2. The highest BCUT2D eigenvalue weighted by atomic mass is 16.2. The standard InChI is InChI=1S/C33H27N7O2/c34-38-37-20-26-7-1-3-9-29(26)24-11-13-25(14-12-24)33(42)40-22-28-15-16-31(32(41)36-19-23-6-5-17-35-18-23)39(28)21-27-8-2-4-10-30(27)40/h1-18H,19-22H2,(H,36,41). The van der Waals surface area contributed by atoms with Gasteiger partial charge in [0, 0.05) is 40.8 Å². The van der Waals surface area contributed by atoms with Crippen LogP contribution in [0.2, 0.25) is 0 Å². The Morgan fingerprint density at radius 3 is 2.52 bits per heavy atom. The number of anilines is 1. The molecule has 0 radical (unpaired) electrons. The normalized spacial score (nSPS) is 12.0. The highest BCUT2D eigenvalue weighted by Gasteiger charge is 2.27. The predicted molar refractivity (Wildman–Crippen MR) is 161 cm³/mol. The van der Waals surface area contributed by atoms with E-state index < -0.39 is 0 Å². The molecule has 0 saturated heterocycles.